The average Bonchev–Trinajstić information content (AvgIpc) is 2.64. The van der Waals surface area contributed by atoms with E-state index >= 15 is 0 Å². The maximum Gasteiger partial charge on any atom is 0.251 e. The number of amides is 1. The Labute approximate surface area is 159 Å². The minimum atomic E-state index is -3.54. The molecule has 0 fully saturated rings. The van der Waals surface area contributed by atoms with Gasteiger partial charge in [-0.1, -0.05) is 12.1 Å². The average molecular weight is 392 g/mol. The number of hydrogen-bond donors (Lipinski definition) is 2. The van der Waals surface area contributed by atoms with Crippen LogP contribution in [0, 0.1) is 6.92 Å². The molecule has 0 radical (unpaired) electrons. The van der Waals surface area contributed by atoms with Crippen LogP contribution < -0.4 is 10.1 Å². The summed E-state index contributed by atoms with van der Waals surface area (Å²) in [6.07, 6.45) is -0.872. The Morgan fingerprint density at radius 2 is 1.85 bits per heavy atom. The van der Waals surface area contributed by atoms with Crippen molar-refractivity contribution in [3.8, 4) is 5.75 Å². The highest BCUT2D eigenvalue weighted by atomic mass is 32.2. The highest BCUT2D eigenvalue weighted by Crippen LogP contribution is 2.14. The van der Waals surface area contributed by atoms with E-state index < -0.39 is 22.0 Å². The van der Waals surface area contributed by atoms with Crippen LogP contribution in [-0.4, -0.2) is 57.1 Å². The molecule has 1 unspecified atom stereocenters. The maximum absolute atomic E-state index is 12.1. The van der Waals surface area contributed by atoms with E-state index in [1.165, 1.54) is 38.4 Å². The number of rotatable bonds is 8. The first-order valence-corrected chi connectivity index (χ1v) is 9.82. The normalized spacial score (nSPS) is 12.6. The van der Waals surface area contributed by atoms with Gasteiger partial charge in [0, 0.05) is 26.2 Å². The summed E-state index contributed by atoms with van der Waals surface area (Å²) in [5.41, 5.74) is 1.36. The quantitative estimate of drug-likeness (QED) is 0.708. The molecule has 0 heterocycles. The van der Waals surface area contributed by atoms with Crippen LogP contribution in [0.4, 0.5) is 0 Å². The fourth-order valence-electron chi connectivity index (χ4n) is 2.26. The first-order valence-electron chi connectivity index (χ1n) is 8.38. The Morgan fingerprint density at radius 3 is 2.44 bits per heavy atom. The highest BCUT2D eigenvalue weighted by molar-refractivity contribution is 7.89. The third-order valence-corrected chi connectivity index (χ3v) is 5.65. The monoisotopic (exact) mass is 392 g/mol. The zero-order valence-electron chi connectivity index (χ0n) is 15.5. The molecule has 0 aliphatic heterocycles. The van der Waals surface area contributed by atoms with E-state index in [0.717, 1.165) is 9.87 Å². The van der Waals surface area contributed by atoms with Crippen molar-refractivity contribution < 1.29 is 23.1 Å². The van der Waals surface area contributed by atoms with Crippen molar-refractivity contribution in [2.75, 3.05) is 27.2 Å². The summed E-state index contributed by atoms with van der Waals surface area (Å²) in [4.78, 5) is 12.2. The van der Waals surface area contributed by atoms with Crippen LogP contribution in [0.1, 0.15) is 15.9 Å². The van der Waals surface area contributed by atoms with E-state index in [-0.39, 0.29) is 18.0 Å². The highest BCUT2D eigenvalue weighted by Gasteiger charge is 2.17. The predicted octanol–water partition coefficient (Wildman–Crippen LogP) is 1.42. The number of sulfonamides is 1. The van der Waals surface area contributed by atoms with Gasteiger partial charge in [0.05, 0.1) is 4.90 Å². The third-order valence-electron chi connectivity index (χ3n) is 3.83. The minimum Gasteiger partial charge on any atom is -0.491 e. The second kappa shape index (κ2) is 8.98. The number of aliphatic hydroxyl groups is 1. The maximum atomic E-state index is 12.1. The largest absolute Gasteiger partial charge is 0.491 e. The number of ether oxygens (including phenoxy) is 1. The molecule has 2 N–H and O–H groups in total. The van der Waals surface area contributed by atoms with E-state index in [1.54, 1.807) is 6.07 Å². The van der Waals surface area contributed by atoms with Crippen LogP contribution in [0.2, 0.25) is 0 Å². The number of carbonyl (C=O) groups is 1. The van der Waals surface area contributed by atoms with Crippen molar-refractivity contribution >= 4 is 15.9 Å². The van der Waals surface area contributed by atoms with E-state index in [9.17, 15) is 18.3 Å². The molecule has 2 aromatic carbocycles. The van der Waals surface area contributed by atoms with E-state index in [4.69, 9.17) is 4.74 Å². The Kier molecular flexibility index (Phi) is 6.95. The fraction of sp³-hybridized carbons (Fsp3) is 0.316. The molecule has 0 aliphatic rings. The predicted molar refractivity (Wildman–Crippen MR) is 102 cm³/mol. The summed E-state index contributed by atoms with van der Waals surface area (Å²) in [5, 5.41) is 12.6. The van der Waals surface area contributed by atoms with Gasteiger partial charge >= 0.3 is 0 Å². The number of nitrogens with zero attached hydrogens (tertiary/aromatic N) is 1. The van der Waals surface area contributed by atoms with Crippen molar-refractivity contribution in [3.63, 3.8) is 0 Å². The topological polar surface area (TPSA) is 95.9 Å². The van der Waals surface area contributed by atoms with Crippen molar-refractivity contribution in [1.29, 1.82) is 0 Å². The molecule has 7 nitrogen and oxygen atoms in total. The number of aryl methyl sites for hydroxylation is 1. The number of nitrogens with one attached hydrogen (secondary N) is 1. The number of aliphatic hydroxyl groups excluding tert-OH is 1. The standard InChI is InChI=1S/C19H24N2O5S/c1-14-5-4-6-17(11-14)26-13-16(22)12-20-19(23)15-7-9-18(10-8-15)27(24,25)21(2)3/h4-11,16,22H,12-13H2,1-3H3,(H,20,23). The molecule has 1 atom stereocenters. The molecule has 1 amide bonds. The molecule has 146 valence electrons. The van der Waals surface area contributed by atoms with E-state index in [2.05, 4.69) is 5.32 Å². The van der Waals surface area contributed by atoms with Crippen LogP contribution in [-0.2, 0) is 10.0 Å². The van der Waals surface area contributed by atoms with Gasteiger partial charge in [-0.2, -0.15) is 0 Å². The fourth-order valence-corrected chi connectivity index (χ4v) is 3.16. The molecule has 0 bridgehead atoms. The molecule has 2 aromatic rings. The molecule has 0 saturated carbocycles. The van der Waals surface area contributed by atoms with Crippen molar-refractivity contribution in [2.45, 2.75) is 17.9 Å². The van der Waals surface area contributed by atoms with Crippen molar-refractivity contribution in [3.05, 3.63) is 59.7 Å². The van der Waals surface area contributed by atoms with Crippen LogP contribution in [0.15, 0.2) is 53.4 Å². The summed E-state index contributed by atoms with van der Waals surface area (Å²) in [5.74, 6) is 0.247. The summed E-state index contributed by atoms with van der Waals surface area (Å²) in [6, 6.07) is 13.1. The van der Waals surface area contributed by atoms with Gasteiger partial charge in [-0.05, 0) is 48.9 Å². The van der Waals surface area contributed by atoms with Crippen LogP contribution >= 0.6 is 0 Å². The van der Waals surface area contributed by atoms with Gasteiger partial charge < -0.3 is 15.2 Å². The first kappa shape index (κ1) is 20.9. The molecule has 2 rings (SSSR count). The van der Waals surface area contributed by atoms with Crippen LogP contribution in [0.25, 0.3) is 0 Å². The lowest BCUT2D eigenvalue weighted by Gasteiger charge is -2.14. The van der Waals surface area contributed by atoms with Gasteiger partial charge in [-0.15, -0.1) is 0 Å². The first-order chi connectivity index (χ1) is 12.7. The van der Waals surface area contributed by atoms with E-state index in [0.29, 0.717) is 11.3 Å². The SMILES string of the molecule is Cc1cccc(OCC(O)CNC(=O)c2ccc(S(=O)(=O)N(C)C)cc2)c1. The zero-order valence-corrected chi connectivity index (χ0v) is 16.4. The van der Waals surface area contributed by atoms with E-state index in [1.807, 2.05) is 25.1 Å². The number of hydrogen-bond acceptors (Lipinski definition) is 5. The Bertz CT molecular complexity index is 879. The Hall–Kier alpha value is -2.42. The van der Waals surface area contributed by atoms with Gasteiger partial charge in [-0.3, -0.25) is 4.79 Å². The summed E-state index contributed by atoms with van der Waals surface area (Å²) in [7, 11) is -0.656. The number of carbonyl (C=O) groups excluding carboxylic acids is 1. The van der Waals surface area contributed by atoms with Gasteiger partial charge in [0.2, 0.25) is 10.0 Å². The molecule has 27 heavy (non-hydrogen) atoms. The lowest BCUT2D eigenvalue weighted by molar-refractivity contribution is 0.0843. The minimum absolute atomic E-state index is 0.0163. The van der Waals surface area contributed by atoms with Crippen LogP contribution in [0.3, 0.4) is 0 Å². The Balaban J connectivity index is 1.86. The smallest absolute Gasteiger partial charge is 0.251 e. The summed E-state index contributed by atoms with van der Waals surface area (Å²) < 4.78 is 30.6. The van der Waals surface area contributed by atoms with Crippen molar-refractivity contribution in [2.24, 2.45) is 0 Å². The molecular weight excluding hydrogens is 368 g/mol. The molecule has 0 aliphatic carbocycles. The van der Waals surface area contributed by atoms with Gasteiger partial charge in [0.15, 0.2) is 0 Å². The van der Waals surface area contributed by atoms with Gasteiger partial charge in [0.1, 0.15) is 18.5 Å². The zero-order chi connectivity index (χ0) is 20.0. The molecule has 0 aromatic heterocycles. The van der Waals surface area contributed by atoms with Crippen molar-refractivity contribution in [1.82, 2.24) is 9.62 Å². The molecule has 8 heteroatoms. The summed E-state index contributed by atoms with van der Waals surface area (Å²) >= 11 is 0. The lowest BCUT2D eigenvalue weighted by Crippen LogP contribution is -2.35. The summed E-state index contributed by atoms with van der Waals surface area (Å²) in [6.45, 7) is 2.00. The molecular formula is C19H24N2O5S. The second-order valence-electron chi connectivity index (χ2n) is 6.30. The molecule has 0 saturated heterocycles. The van der Waals surface area contributed by atoms with Gasteiger partial charge in [-0.25, -0.2) is 12.7 Å². The number of benzene rings is 2. The molecule has 0 spiro atoms. The van der Waals surface area contributed by atoms with Gasteiger partial charge in [0.25, 0.3) is 5.91 Å². The lowest BCUT2D eigenvalue weighted by atomic mass is 10.2. The second-order valence-corrected chi connectivity index (χ2v) is 8.45. The third kappa shape index (κ3) is 5.78. The Morgan fingerprint density at radius 1 is 1.19 bits per heavy atom. The van der Waals surface area contributed by atoms with Crippen LogP contribution in [0.5, 0.6) is 5.75 Å².